The van der Waals surface area contributed by atoms with Crippen LogP contribution in [0.5, 0.6) is 0 Å². The minimum atomic E-state index is -0.474. The first kappa shape index (κ1) is 19.1. The van der Waals surface area contributed by atoms with Crippen molar-refractivity contribution in [2.45, 2.75) is 31.8 Å². The lowest BCUT2D eigenvalue weighted by Crippen LogP contribution is -2.63. The van der Waals surface area contributed by atoms with Crippen LogP contribution >= 0.6 is 0 Å². The van der Waals surface area contributed by atoms with E-state index in [1.54, 1.807) is 4.90 Å². The van der Waals surface area contributed by atoms with Gasteiger partial charge in [-0.25, -0.2) is 0 Å². The molecular weight excluding hydrogens is 398 g/mol. The van der Waals surface area contributed by atoms with Gasteiger partial charge >= 0.3 is 0 Å². The number of amides is 2. The zero-order valence-corrected chi connectivity index (χ0v) is 18.0. The first-order valence-electron chi connectivity index (χ1n) is 11.3. The number of H-pyrrole nitrogens is 1. The Morgan fingerprint density at radius 3 is 2.53 bits per heavy atom. The molecular formula is C27H25N3O2. The Kier molecular flexibility index (Phi) is 4.32. The molecule has 5 nitrogen and oxygen atoms in total. The van der Waals surface area contributed by atoms with Gasteiger partial charge in [-0.1, -0.05) is 67.6 Å². The van der Waals surface area contributed by atoms with Crippen LogP contribution < -0.4 is 0 Å². The predicted molar refractivity (Wildman–Crippen MR) is 125 cm³/mol. The molecule has 1 aromatic heterocycles. The van der Waals surface area contributed by atoms with E-state index in [0.717, 1.165) is 44.9 Å². The van der Waals surface area contributed by atoms with Crippen molar-refractivity contribution in [1.82, 2.24) is 14.8 Å². The van der Waals surface area contributed by atoms with Crippen LogP contribution in [0.15, 0.2) is 66.7 Å². The van der Waals surface area contributed by atoms with Crippen molar-refractivity contribution >= 4 is 33.5 Å². The third-order valence-electron chi connectivity index (χ3n) is 6.95. The van der Waals surface area contributed by atoms with Gasteiger partial charge in [-0.05, 0) is 34.4 Å². The maximum atomic E-state index is 13.5. The standard InChI is InChI=1S/C27H25N3O2/c1-2-14-29-16-24(31)30-23(27(29)32)15-21-19-11-5-6-13-22(19)28-25(21)26(30)20-12-7-9-17-8-3-4-10-18(17)20/h3-13,23,26,28H,2,14-16H2,1H3/t23-,26-/m0/s1. The maximum Gasteiger partial charge on any atom is 0.246 e. The maximum absolute atomic E-state index is 13.5. The summed E-state index contributed by atoms with van der Waals surface area (Å²) in [7, 11) is 0. The summed E-state index contributed by atoms with van der Waals surface area (Å²) in [6.07, 6.45) is 1.39. The molecule has 2 atom stereocenters. The number of carbonyl (C=O) groups excluding carboxylic acids is 2. The molecule has 0 radical (unpaired) electrons. The molecule has 2 amide bonds. The third kappa shape index (κ3) is 2.70. The van der Waals surface area contributed by atoms with Gasteiger partial charge in [0.05, 0.1) is 12.6 Å². The number of hydrogen-bond donors (Lipinski definition) is 1. The zero-order chi connectivity index (χ0) is 21.8. The minimum absolute atomic E-state index is 0.0188. The highest BCUT2D eigenvalue weighted by Crippen LogP contribution is 2.44. The average Bonchev–Trinajstić information content (AvgIpc) is 3.19. The lowest BCUT2D eigenvalue weighted by Gasteiger charge is -2.47. The van der Waals surface area contributed by atoms with Gasteiger partial charge in [0, 0.05) is 29.6 Å². The summed E-state index contributed by atoms with van der Waals surface area (Å²) in [6, 6.07) is 21.9. The summed E-state index contributed by atoms with van der Waals surface area (Å²) >= 11 is 0. The molecule has 2 aliphatic heterocycles. The van der Waals surface area contributed by atoms with E-state index in [1.165, 1.54) is 0 Å². The predicted octanol–water partition coefficient (Wildman–Crippen LogP) is 4.42. The molecule has 160 valence electrons. The van der Waals surface area contributed by atoms with E-state index in [0.29, 0.717) is 13.0 Å². The monoisotopic (exact) mass is 423 g/mol. The van der Waals surface area contributed by atoms with Crippen molar-refractivity contribution < 1.29 is 9.59 Å². The molecule has 3 aromatic carbocycles. The first-order valence-corrected chi connectivity index (χ1v) is 11.3. The van der Waals surface area contributed by atoms with Crippen LogP contribution in [-0.2, 0) is 16.0 Å². The largest absolute Gasteiger partial charge is 0.356 e. The molecule has 0 aliphatic carbocycles. The summed E-state index contributed by atoms with van der Waals surface area (Å²) in [4.78, 5) is 34.3. The average molecular weight is 424 g/mol. The topological polar surface area (TPSA) is 56.4 Å². The highest BCUT2D eigenvalue weighted by atomic mass is 16.2. The summed E-state index contributed by atoms with van der Waals surface area (Å²) < 4.78 is 0. The fraction of sp³-hybridized carbons (Fsp3) is 0.259. The number of hydrogen-bond acceptors (Lipinski definition) is 2. The van der Waals surface area contributed by atoms with Crippen molar-refractivity contribution in [2.24, 2.45) is 0 Å². The number of fused-ring (bicyclic) bond motifs is 5. The van der Waals surface area contributed by atoms with E-state index in [-0.39, 0.29) is 24.4 Å². The molecule has 6 rings (SSSR count). The normalized spacial score (nSPS) is 20.7. The molecule has 0 spiro atoms. The molecule has 1 saturated heterocycles. The molecule has 0 unspecified atom stereocenters. The van der Waals surface area contributed by atoms with Crippen molar-refractivity contribution in [2.75, 3.05) is 13.1 Å². The van der Waals surface area contributed by atoms with Gasteiger partial charge in [-0.3, -0.25) is 9.59 Å². The number of piperazine rings is 1. The third-order valence-corrected chi connectivity index (χ3v) is 6.95. The number of aromatic nitrogens is 1. The zero-order valence-electron chi connectivity index (χ0n) is 18.0. The van der Waals surface area contributed by atoms with E-state index in [9.17, 15) is 9.59 Å². The Balaban J connectivity index is 1.61. The second-order valence-electron chi connectivity index (χ2n) is 8.81. The molecule has 3 heterocycles. The molecule has 2 aliphatic rings. The van der Waals surface area contributed by atoms with Crippen LogP contribution in [-0.4, -0.2) is 45.7 Å². The van der Waals surface area contributed by atoms with Gasteiger partial charge in [0.25, 0.3) is 0 Å². The highest BCUT2D eigenvalue weighted by Gasteiger charge is 2.48. The molecule has 5 heteroatoms. The number of nitrogens with one attached hydrogen (secondary N) is 1. The number of aromatic amines is 1. The van der Waals surface area contributed by atoms with Crippen LogP contribution in [0.2, 0.25) is 0 Å². The van der Waals surface area contributed by atoms with Crippen molar-refractivity contribution in [3.63, 3.8) is 0 Å². The van der Waals surface area contributed by atoms with Gasteiger partial charge in [0.15, 0.2) is 0 Å². The van der Waals surface area contributed by atoms with Crippen LogP contribution in [0.25, 0.3) is 21.7 Å². The van der Waals surface area contributed by atoms with E-state index < -0.39 is 6.04 Å². The van der Waals surface area contributed by atoms with Gasteiger partial charge in [0.1, 0.15) is 6.04 Å². The minimum Gasteiger partial charge on any atom is -0.356 e. The fourth-order valence-electron chi connectivity index (χ4n) is 5.60. The Morgan fingerprint density at radius 1 is 0.938 bits per heavy atom. The Morgan fingerprint density at radius 2 is 1.69 bits per heavy atom. The summed E-state index contributed by atoms with van der Waals surface area (Å²) in [5, 5.41) is 3.38. The SMILES string of the molecule is CCCN1CC(=O)N2[C@@H](c3cccc4ccccc34)c3[nH]c4ccccc4c3C[C@H]2C1=O. The van der Waals surface area contributed by atoms with E-state index >= 15 is 0 Å². The van der Waals surface area contributed by atoms with E-state index in [2.05, 4.69) is 41.4 Å². The molecule has 1 N–H and O–H groups in total. The number of para-hydroxylation sites is 1. The Labute approximate surface area is 186 Å². The first-order chi connectivity index (χ1) is 15.7. The van der Waals surface area contributed by atoms with Crippen LogP contribution in [0.3, 0.4) is 0 Å². The number of nitrogens with zero attached hydrogens (tertiary/aromatic N) is 2. The highest BCUT2D eigenvalue weighted by molar-refractivity contribution is 5.98. The number of carbonyl (C=O) groups is 2. The molecule has 0 saturated carbocycles. The molecule has 0 bridgehead atoms. The molecule has 32 heavy (non-hydrogen) atoms. The van der Waals surface area contributed by atoms with Crippen LogP contribution in [0.1, 0.15) is 36.2 Å². The van der Waals surface area contributed by atoms with Crippen LogP contribution in [0, 0.1) is 0 Å². The summed E-state index contributed by atoms with van der Waals surface area (Å²) in [6.45, 7) is 2.82. The Bertz CT molecular complexity index is 1370. The Hall–Kier alpha value is -3.60. The quantitative estimate of drug-likeness (QED) is 0.530. The van der Waals surface area contributed by atoms with Gasteiger partial charge in [-0.2, -0.15) is 0 Å². The fourth-order valence-corrected chi connectivity index (χ4v) is 5.60. The van der Waals surface area contributed by atoms with Crippen molar-refractivity contribution in [3.05, 3.63) is 83.6 Å². The lowest BCUT2D eigenvalue weighted by molar-refractivity contribution is -0.158. The second-order valence-corrected chi connectivity index (χ2v) is 8.81. The lowest BCUT2D eigenvalue weighted by atomic mass is 9.84. The van der Waals surface area contributed by atoms with Gasteiger partial charge in [0.2, 0.25) is 11.8 Å². The van der Waals surface area contributed by atoms with E-state index in [4.69, 9.17) is 0 Å². The van der Waals surface area contributed by atoms with Crippen molar-refractivity contribution in [3.8, 4) is 0 Å². The second kappa shape index (κ2) is 7.23. The number of benzene rings is 3. The van der Waals surface area contributed by atoms with Crippen LogP contribution in [0.4, 0.5) is 0 Å². The van der Waals surface area contributed by atoms with Crippen molar-refractivity contribution in [1.29, 1.82) is 0 Å². The van der Waals surface area contributed by atoms with E-state index in [1.807, 2.05) is 42.2 Å². The van der Waals surface area contributed by atoms with Gasteiger partial charge in [-0.15, -0.1) is 0 Å². The smallest absolute Gasteiger partial charge is 0.246 e. The summed E-state index contributed by atoms with van der Waals surface area (Å²) in [5.74, 6) is 0.0814. The number of rotatable bonds is 3. The molecule has 1 fully saturated rings. The van der Waals surface area contributed by atoms with Gasteiger partial charge < -0.3 is 14.8 Å². The molecule has 4 aromatic rings. The summed E-state index contributed by atoms with van der Waals surface area (Å²) in [5.41, 5.74) is 4.29.